The van der Waals surface area contributed by atoms with Crippen molar-refractivity contribution in [1.29, 1.82) is 0 Å². The van der Waals surface area contributed by atoms with Crippen LogP contribution in [0.1, 0.15) is 56.6 Å². The lowest BCUT2D eigenvalue weighted by atomic mass is 9.93. The van der Waals surface area contributed by atoms with E-state index >= 15 is 0 Å². The van der Waals surface area contributed by atoms with Crippen LogP contribution in [-0.2, 0) is 6.42 Å². The van der Waals surface area contributed by atoms with Gasteiger partial charge in [-0.1, -0.05) is 38.1 Å². The van der Waals surface area contributed by atoms with E-state index in [0.717, 1.165) is 18.9 Å². The lowest BCUT2D eigenvalue weighted by Gasteiger charge is -2.13. The van der Waals surface area contributed by atoms with Crippen LogP contribution >= 0.6 is 0 Å². The van der Waals surface area contributed by atoms with Gasteiger partial charge in [0.15, 0.2) is 0 Å². The minimum absolute atomic E-state index is 0.734. The van der Waals surface area contributed by atoms with Crippen molar-refractivity contribution in [1.82, 2.24) is 0 Å². The first-order valence-corrected chi connectivity index (χ1v) is 6.60. The third-order valence-electron chi connectivity index (χ3n) is 3.36. The van der Waals surface area contributed by atoms with Crippen molar-refractivity contribution in [2.45, 2.75) is 51.9 Å². The summed E-state index contributed by atoms with van der Waals surface area (Å²) in [6.45, 7) is 5.35. The molecule has 0 saturated carbocycles. The van der Waals surface area contributed by atoms with E-state index in [4.69, 9.17) is 5.73 Å². The highest BCUT2D eigenvalue weighted by Crippen LogP contribution is 2.23. The topological polar surface area (TPSA) is 26.0 Å². The molecule has 0 radical (unpaired) electrons. The monoisotopic (exact) mass is 219 g/mol. The summed E-state index contributed by atoms with van der Waals surface area (Å²) in [5.74, 6) is 0.734. The average molecular weight is 219 g/mol. The van der Waals surface area contributed by atoms with Crippen LogP contribution in [0.3, 0.4) is 0 Å². The summed E-state index contributed by atoms with van der Waals surface area (Å²) in [4.78, 5) is 0. The average Bonchev–Trinajstić information content (AvgIpc) is 2.33. The Kier molecular flexibility index (Phi) is 6.17. The fourth-order valence-electron chi connectivity index (χ4n) is 2.19. The molecule has 2 N–H and O–H groups in total. The molecule has 0 aromatic heterocycles. The molecule has 1 rings (SSSR count). The molecular formula is C15H25N. The van der Waals surface area contributed by atoms with Crippen LogP contribution in [0.2, 0.25) is 0 Å². The highest BCUT2D eigenvalue weighted by Gasteiger charge is 2.05. The second-order valence-corrected chi connectivity index (χ2v) is 4.50. The standard InChI is InChI=1S/C15H25N/c1-3-14(4-2)15-10-8-13(9-11-15)7-5-6-12-16/h8-11,14H,3-7,12,16H2,1-2H3. The van der Waals surface area contributed by atoms with Gasteiger partial charge in [-0.25, -0.2) is 0 Å². The predicted octanol–water partition coefficient (Wildman–Crippen LogP) is 3.87. The van der Waals surface area contributed by atoms with E-state index in [9.17, 15) is 0 Å². The number of aryl methyl sites for hydroxylation is 1. The van der Waals surface area contributed by atoms with Crippen LogP contribution in [0.15, 0.2) is 24.3 Å². The first-order chi connectivity index (χ1) is 7.81. The van der Waals surface area contributed by atoms with Crippen molar-refractivity contribution >= 4 is 0 Å². The van der Waals surface area contributed by atoms with Crippen molar-refractivity contribution in [3.8, 4) is 0 Å². The maximum Gasteiger partial charge on any atom is -0.00772 e. The largest absolute Gasteiger partial charge is 0.330 e. The Labute approximate surface area is 100 Å². The molecule has 1 aromatic carbocycles. The molecule has 0 aliphatic carbocycles. The second-order valence-electron chi connectivity index (χ2n) is 4.50. The summed E-state index contributed by atoms with van der Waals surface area (Å²) in [6.07, 6.45) is 5.99. The Hall–Kier alpha value is -0.820. The van der Waals surface area contributed by atoms with Crippen LogP contribution in [0.25, 0.3) is 0 Å². The molecule has 0 aliphatic heterocycles. The van der Waals surface area contributed by atoms with E-state index < -0.39 is 0 Å². The summed E-state index contributed by atoms with van der Waals surface area (Å²) >= 11 is 0. The molecule has 0 unspecified atom stereocenters. The molecule has 1 heteroatoms. The number of benzene rings is 1. The van der Waals surface area contributed by atoms with Gasteiger partial charge in [0.2, 0.25) is 0 Å². The molecule has 0 heterocycles. The minimum atomic E-state index is 0.734. The minimum Gasteiger partial charge on any atom is -0.330 e. The van der Waals surface area contributed by atoms with Gasteiger partial charge in [-0.2, -0.15) is 0 Å². The number of unbranched alkanes of at least 4 members (excludes halogenated alkanes) is 1. The fourth-order valence-corrected chi connectivity index (χ4v) is 2.19. The number of hydrogen-bond donors (Lipinski definition) is 1. The molecule has 0 saturated heterocycles. The zero-order chi connectivity index (χ0) is 11.8. The van der Waals surface area contributed by atoms with E-state index in [1.54, 1.807) is 0 Å². The molecule has 0 fully saturated rings. The van der Waals surface area contributed by atoms with Crippen molar-refractivity contribution < 1.29 is 0 Å². The second kappa shape index (κ2) is 7.45. The van der Waals surface area contributed by atoms with E-state index in [0.29, 0.717) is 0 Å². The van der Waals surface area contributed by atoms with Crippen LogP contribution < -0.4 is 5.73 Å². The molecule has 0 aliphatic rings. The SMILES string of the molecule is CCC(CC)c1ccc(CCCCN)cc1. The fraction of sp³-hybridized carbons (Fsp3) is 0.600. The smallest absolute Gasteiger partial charge is 0.00772 e. The summed E-state index contributed by atoms with van der Waals surface area (Å²) < 4.78 is 0. The summed E-state index contributed by atoms with van der Waals surface area (Å²) in [7, 11) is 0. The Morgan fingerprint density at radius 1 is 1.00 bits per heavy atom. The summed E-state index contributed by atoms with van der Waals surface area (Å²) in [5, 5.41) is 0. The predicted molar refractivity (Wildman–Crippen MR) is 71.8 cm³/mol. The van der Waals surface area contributed by atoms with Crippen molar-refractivity contribution in [3.63, 3.8) is 0 Å². The first-order valence-electron chi connectivity index (χ1n) is 6.60. The molecule has 0 amide bonds. The van der Waals surface area contributed by atoms with E-state index in [1.165, 1.54) is 36.8 Å². The molecule has 0 bridgehead atoms. The summed E-state index contributed by atoms with van der Waals surface area (Å²) in [5.41, 5.74) is 8.43. The Morgan fingerprint density at radius 2 is 1.62 bits per heavy atom. The van der Waals surface area contributed by atoms with Gasteiger partial charge in [0, 0.05) is 0 Å². The maximum atomic E-state index is 5.49. The van der Waals surface area contributed by atoms with E-state index in [1.807, 2.05) is 0 Å². The lowest BCUT2D eigenvalue weighted by Crippen LogP contribution is -1.99. The van der Waals surface area contributed by atoms with Crippen molar-refractivity contribution in [2.24, 2.45) is 5.73 Å². The zero-order valence-corrected chi connectivity index (χ0v) is 10.7. The quantitative estimate of drug-likeness (QED) is 0.692. The molecule has 1 nitrogen and oxygen atoms in total. The Morgan fingerprint density at radius 3 is 2.12 bits per heavy atom. The van der Waals surface area contributed by atoms with Crippen molar-refractivity contribution in [2.75, 3.05) is 6.54 Å². The van der Waals surface area contributed by atoms with E-state index in [-0.39, 0.29) is 0 Å². The number of nitrogens with two attached hydrogens (primary N) is 1. The number of rotatable bonds is 7. The molecule has 0 atom stereocenters. The molecule has 0 spiro atoms. The van der Waals surface area contributed by atoms with E-state index in [2.05, 4.69) is 38.1 Å². The zero-order valence-electron chi connectivity index (χ0n) is 10.7. The highest BCUT2D eigenvalue weighted by molar-refractivity contribution is 5.25. The van der Waals surface area contributed by atoms with Crippen LogP contribution in [0, 0.1) is 0 Å². The van der Waals surface area contributed by atoms with Gasteiger partial charge in [-0.15, -0.1) is 0 Å². The molecule has 16 heavy (non-hydrogen) atoms. The normalized spacial score (nSPS) is 11.0. The van der Waals surface area contributed by atoms with Gasteiger partial charge in [-0.3, -0.25) is 0 Å². The van der Waals surface area contributed by atoms with Crippen LogP contribution in [0.5, 0.6) is 0 Å². The molecular weight excluding hydrogens is 194 g/mol. The third-order valence-corrected chi connectivity index (χ3v) is 3.36. The molecule has 90 valence electrons. The van der Waals surface area contributed by atoms with Crippen LogP contribution in [-0.4, -0.2) is 6.54 Å². The first kappa shape index (κ1) is 13.2. The van der Waals surface area contributed by atoms with Gasteiger partial charge >= 0.3 is 0 Å². The third kappa shape index (κ3) is 3.97. The Bertz CT molecular complexity index is 272. The van der Waals surface area contributed by atoms with Gasteiger partial charge in [0.25, 0.3) is 0 Å². The maximum absolute atomic E-state index is 5.49. The lowest BCUT2D eigenvalue weighted by molar-refractivity contribution is 0.641. The summed E-state index contributed by atoms with van der Waals surface area (Å²) in [6, 6.07) is 9.17. The Balaban J connectivity index is 2.53. The van der Waals surface area contributed by atoms with Crippen LogP contribution in [0.4, 0.5) is 0 Å². The van der Waals surface area contributed by atoms with Gasteiger partial charge in [-0.05, 0) is 55.7 Å². The van der Waals surface area contributed by atoms with Gasteiger partial charge in [0.1, 0.15) is 0 Å². The highest BCUT2D eigenvalue weighted by atomic mass is 14.5. The number of hydrogen-bond acceptors (Lipinski definition) is 1. The molecule has 1 aromatic rings. The van der Waals surface area contributed by atoms with Crippen molar-refractivity contribution in [3.05, 3.63) is 35.4 Å². The van der Waals surface area contributed by atoms with Gasteiger partial charge in [0.05, 0.1) is 0 Å². The van der Waals surface area contributed by atoms with Gasteiger partial charge < -0.3 is 5.73 Å².